The van der Waals surface area contributed by atoms with E-state index in [1.54, 1.807) is 23.1 Å². The van der Waals surface area contributed by atoms with Crippen molar-refractivity contribution in [3.05, 3.63) is 41.1 Å². The molecule has 7 nitrogen and oxygen atoms in total. The van der Waals surface area contributed by atoms with Crippen LogP contribution in [0.4, 0.5) is 0 Å². The van der Waals surface area contributed by atoms with Gasteiger partial charge >= 0.3 is 0 Å². The first kappa shape index (κ1) is 21.2. The minimum atomic E-state index is -0.262. The van der Waals surface area contributed by atoms with E-state index in [2.05, 4.69) is 10.5 Å². The molecule has 3 N–H and O–H groups in total. The predicted octanol–water partition coefficient (Wildman–Crippen LogP) is 2.34. The number of carbonyl (C=O) groups is 2. The van der Waals surface area contributed by atoms with E-state index in [0.717, 1.165) is 18.4 Å². The average molecular weight is 413 g/mol. The van der Waals surface area contributed by atoms with Gasteiger partial charge < -0.3 is 20.5 Å². The van der Waals surface area contributed by atoms with Gasteiger partial charge in [0.15, 0.2) is 0 Å². The summed E-state index contributed by atoms with van der Waals surface area (Å²) in [6.45, 7) is 1.79. The second kappa shape index (κ2) is 9.73. The summed E-state index contributed by atoms with van der Waals surface area (Å²) >= 11 is 5.99. The lowest BCUT2D eigenvalue weighted by molar-refractivity contribution is -0.126. The first-order valence-corrected chi connectivity index (χ1v) is 8.96. The monoisotopic (exact) mass is 412 g/mol. The molecule has 0 saturated carbocycles. The zero-order valence-electron chi connectivity index (χ0n) is 14.7. The van der Waals surface area contributed by atoms with E-state index in [1.165, 1.54) is 0 Å². The Labute approximate surface area is 168 Å². The van der Waals surface area contributed by atoms with E-state index in [9.17, 15) is 9.59 Å². The predicted molar refractivity (Wildman–Crippen MR) is 105 cm³/mol. The Balaban J connectivity index is 0.00000261. The van der Waals surface area contributed by atoms with Gasteiger partial charge in [-0.15, -0.1) is 12.4 Å². The summed E-state index contributed by atoms with van der Waals surface area (Å²) in [4.78, 5) is 26.5. The molecule has 1 saturated heterocycles. The SMILES string of the molecule is Cl.NCCNC(=O)C1CCCN(C(=O)c2cc(-c3cccc(Cl)c3)no2)C1. The van der Waals surface area contributed by atoms with Crippen LogP contribution >= 0.6 is 24.0 Å². The van der Waals surface area contributed by atoms with E-state index in [4.69, 9.17) is 21.9 Å². The number of benzene rings is 1. The summed E-state index contributed by atoms with van der Waals surface area (Å²) in [6.07, 6.45) is 1.52. The molecular weight excluding hydrogens is 391 g/mol. The Hall–Kier alpha value is -2.09. The number of likely N-dealkylation sites (tertiary alicyclic amines) is 1. The van der Waals surface area contributed by atoms with Crippen molar-refractivity contribution in [2.75, 3.05) is 26.2 Å². The molecule has 1 aromatic heterocycles. The summed E-state index contributed by atoms with van der Waals surface area (Å²) in [5, 5.41) is 7.33. The Morgan fingerprint density at radius 3 is 2.93 bits per heavy atom. The third kappa shape index (κ3) is 5.22. The molecular formula is C18H22Cl2N4O3. The summed E-state index contributed by atoms with van der Waals surface area (Å²) in [5.74, 6) is -0.398. The Morgan fingerprint density at radius 1 is 1.37 bits per heavy atom. The van der Waals surface area contributed by atoms with Crippen LogP contribution in [0.25, 0.3) is 11.3 Å². The van der Waals surface area contributed by atoms with Crippen LogP contribution in [-0.2, 0) is 4.79 Å². The van der Waals surface area contributed by atoms with Crippen LogP contribution in [0.1, 0.15) is 23.4 Å². The fourth-order valence-electron chi connectivity index (χ4n) is 3.03. The molecule has 1 aliphatic heterocycles. The highest BCUT2D eigenvalue weighted by Crippen LogP contribution is 2.24. The van der Waals surface area contributed by atoms with Crippen LogP contribution < -0.4 is 11.1 Å². The number of rotatable bonds is 5. The second-order valence-corrected chi connectivity index (χ2v) is 6.69. The number of halogens is 2. The lowest BCUT2D eigenvalue weighted by Crippen LogP contribution is -2.46. The second-order valence-electron chi connectivity index (χ2n) is 6.26. The van der Waals surface area contributed by atoms with Gasteiger partial charge in [-0.2, -0.15) is 0 Å². The number of amides is 2. The molecule has 1 aromatic carbocycles. The maximum Gasteiger partial charge on any atom is 0.292 e. The average Bonchev–Trinajstić information content (AvgIpc) is 3.16. The molecule has 0 radical (unpaired) electrons. The van der Waals surface area contributed by atoms with Crippen LogP contribution in [0.3, 0.4) is 0 Å². The first-order valence-electron chi connectivity index (χ1n) is 8.58. The van der Waals surface area contributed by atoms with Gasteiger partial charge in [0.1, 0.15) is 5.69 Å². The number of nitrogens with zero attached hydrogens (tertiary/aromatic N) is 2. The molecule has 9 heteroatoms. The number of nitrogens with two attached hydrogens (primary N) is 1. The molecule has 0 bridgehead atoms. The standard InChI is InChI=1S/C18H21ClN4O3.ClH/c19-14-5-1-3-12(9-14)15-10-16(26-22-15)18(25)23-8-2-4-13(11-23)17(24)21-7-6-20;/h1,3,5,9-10,13H,2,4,6-8,11,20H2,(H,21,24);1H. The molecule has 0 aliphatic carbocycles. The molecule has 1 atom stereocenters. The summed E-state index contributed by atoms with van der Waals surface area (Å²) in [6, 6.07) is 8.78. The Bertz CT molecular complexity index is 796. The number of hydrogen-bond acceptors (Lipinski definition) is 5. The number of nitrogens with one attached hydrogen (secondary N) is 1. The van der Waals surface area contributed by atoms with Gasteiger partial charge in [-0.05, 0) is 25.0 Å². The van der Waals surface area contributed by atoms with Crippen LogP contribution in [0.2, 0.25) is 5.02 Å². The highest BCUT2D eigenvalue weighted by molar-refractivity contribution is 6.30. The molecule has 1 fully saturated rings. The van der Waals surface area contributed by atoms with E-state index < -0.39 is 0 Å². The number of hydrogen-bond donors (Lipinski definition) is 2. The van der Waals surface area contributed by atoms with Crippen molar-refractivity contribution < 1.29 is 14.1 Å². The van der Waals surface area contributed by atoms with Crippen molar-refractivity contribution in [1.29, 1.82) is 0 Å². The fraction of sp³-hybridized carbons (Fsp3) is 0.389. The third-order valence-electron chi connectivity index (χ3n) is 4.36. The topological polar surface area (TPSA) is 101 Å². The van der Waals surface area contributed by atoms with Crippen molar-refractivity contribution in [3.8, 4) is 11.3 Å². The molecule has 2 amide bonds. The quantitative estimate of drug-likeness (QED) is 0.784. The molecule has 3 rings (SSSR count). The molecule has 27 heavy (non-hydrogen) atoms. The fourth-order valence-corrected chi connectivity index (χ4v) is 3.22. The molecule has 0 spiro atoms. The Kier molecular flexibility index (Phi) is 7.65. The normalized spacial score (nSPS) is 16.5. The van der Waals surface area contributed by atoms with Gasteiger partial charge in [0.05, 0.1) is 5.92 Å². The van der Waals surface area contributed by atoms with Crippen LogP contribution in [-0.4, -0.2) is 48.0 Å². The van der Waals surface area contributed by atoms with E-state index in [0.29, 0.717) is 36.9 Å². The van der Waals surface area contributed by atoms with Crippen molar-refractivity contribution in [1.82, 2.24) is 15.4 Å². The molecule has 2 heterocycles. The maximum atomic E-state index is 12.7. The minimum absolute atomic E-state index is 0. The number of carbonyl (C=O) groups excluding carboxylic acids is 2. The molecule has 146 valence electrons. The summed E-state index contributed by atoms with van der Waals surface area (Å²) in [7, 11) is 0. The van der Waals surface area contributed by atoms with Crippen LogP contribution in [0.5, 0.6) is 0 Å². The third-order valence-corrected chi connectivity index (χ3v) is 4.60. The first-order chi connectivity index (χ1) is 12.6. The van der Waals surface area contributed by atoms with Crippen molar-refractivity contribution in [2.24, 2.45) is 11.7 Å². The van der Waals surface area contributed by atoms with E-state index in [-0.39, 0.29) is 35.9 Å². The zero-order chi connectivity index (χ0) is 18.5. The maximum absolute atomic E-state index is 12.7. The number of aromatic nitrogens is 1. The van der Waals surface area contributed by atoms with Gasteiger partial charge in [0.25, 0.3) is 5.91 Å². The van der Waals surface area contributed by atoms with Crippen molar-refractivity contribution in [3.63, 3.8) is 0 Å². The van der Waals surface area contributed by atoms with Crippen molar-refractivity contribution >= 4 is 35.8 Å². The molecule has 2 aromatic rings. The lowest BCUT2D eigenvalue weighted by Gasteiger charge is -2.31. The number of piperidine rings is 1. The Morgan fingerprint density at radius 2 is 2.19 bits per heavy atom. The van der Waals surface area contributed by atoms with Gasteiger partial charge in [-0.1, -0.05) is 28.9 Å². The smallest absolute Gasteiger partial charge is 0.292 e. The lowest BCUT2D eigenvalue weighted by atomic mass is 9.97. The van der Waals surface area contributed by atoms with Gasteiger partial charge in [0, 0.05) is 42.8 Å². The van der Waals surface area contributed by atoms with E-state index >= 15 is 0 Å². The highest BCUT2D eigenvalue weighted by atomic mass is 35.5. The van der Waals surface area contributed by atoms with Crippen molar-refractivity contribution in [2.45, 2.75) is 12.8 Å². The van der Waals surface area contributed by atoms with Crippen LogP contribution in [0.15, 0.2) is 34.9 Å². The molecule has 1 unspecified atom stereocenters. The summed E-state index contributed by atoms with van der Waals surface area (Å²) in [5.41, 5.74) is 6.73. The van der Waals surface area contributed by atoms with Gasteiger partial charge in [-0.3, -0.25) is 9.59 Å². The van der Waals surface area contributed by atoms with E-state index in [1.807, 2.05) is 12.1 Å². The van der Waals surface area contributed by atoms with Gasteiger partial charge in [-0.25, -0.2) is 0 Å². The summed E-state index contributed by atoms with van der Waals surface area (Å²) < 4.78 is 5.23. The highest BCUT2D eigenvalue weighted by Gasteiger charge is 2.30. The van der Waals surface area contributed by atoms with Crippen LogP contribution in [0, 0.1) is 5.92 Å². The molecule has 1 aliphatic rings. The largest absolute Gasteiger partial charge is 0.355 e. The zero-order valence-corrected chi connectivity index (χ0v) is 16.3. The minimum Gasteiger partial charge on any atom is -0.355 e. The van der Waals surface area contributed by atoms with Gasteiger partial charge in [0.2, 0.25) is 11.7 Å².